The smallest absolute Gasteiger partial charge is 0.184 e. The Morgan fingerprint density at radius 1 is 1.53 bits per heavy atom. The highest BCUT2D eigenvalue weighted by atomic mass is 35.5. The van der Waals surface area contributed by atoms with Crippen molar-refractivity contribution in [2.45, 2.75) is 19.4 Å². The summed E-state index contributed by atoms with van der Waals surface area (Å²) in [4.78, 5) is 4.51. The Bertz CT molecular complexity index is 508. The van der Waals surface area contributed by atoms with E-state index in [-0.39, 0.29) is 0 Å². The molecule has 1 heterocycles. The monoisotopic (exact) mass is 238 g/mol. The molecule has 3 rings (SSSR count). The fraction of sp³-hybridized carbons (Fsp3) is 0.364. The molecule has 2 unspecified atom stereocenters. The quantitative estimate of drug-likeness (QED) is 0.862. The molecule has 2 atom stereocenters. The van der Waals surface area contributed by atoms with Crippen LogP contribution in [-0.2, 0) is 0 Å². The molecular formula is C11H11ClN2S. The second-order valence-electron chi connectivity index (χ2n) is 4.09. The van der Waals surface area contributed by atoms with Gasteiger partial charge in [-0.05, 0) is 30.5 Å². The molecule has 0 aliphatic heterocycles. The van der Waals surface area contributed by atoms with Gasteiger partial charge in [-0.15, -0.1) is 0 Å². The molecule has 0 amide bonds. The van der Waals surface area contributed by atoms with Crippen molar-refractivity contribution in [2.24, 2.45) is 5.92 Å². The van der Waals surface area contributed by atoms with E-state index in [0.717, 1.165) is 21.6 Å². The van der Waals surface area contributed by atoms with Crippen LogP contribution in [0.4, 0.5) is 5.13 Å². The molecule has 0 bridgehead atoms. The molecule has 2 nitrogen and oxygen atoms in total. The molecule has 1 saturated carbocycles. The fourth-order valence-corrected chi connectivity index (χ4v) is 2.72. The van der Waals surface area contributed by atoms with E-state index in [4.69, 9.17) is 11.6 Å². The van der Waals surface area contributed by atoms with Crippen LogP contribution >= 0.6 is 22.9 Å². The van der Waals surface area contributed by atoms with Gasteiger partial charge in [-0.25, -0.2) is 4.98 Å². The van der Waals surface area contributed by atoms with Crippen LogP contribution in [0.1, 0.15) is 13.3 Å². The van der Waals surface area contributed by atoms with E-state index in [1.165, 1.54) is 11.1 Å². The number of hydrogen-bond acceptors (Lipinski definition) is 3. The fourth-order valence-electron chi connectivity index (χ4n) is 1.64. The van der Waals surface area contributed by atoms with Crippen LogP contribution in [0, 0.1) is 5.92 Å². The lowest BCUT2D eigenvalue weighted by molar-refractivity contribution is 0.928. The summed E-state index contributed by atoms with van der Waals surface area (Å²) in [5, 5.41) is 5.20. The van der Waals surface area contributed by atoms with Crippen molar-refractivity contribution in [3.8, 4) is 0 Å². The third-order valence-electron chi connectivity index (χ3n) is 2.77. The average molecular weight is 239 g/mol. The van der Waals surface area contributed by atoms with Gasteiger partial charge >= 0.3 is 0 Å². The van der Waals surface area contributed by atoms with E-state index in [1.807, 2.05) is 18.2 Å². The minimum atomic E-state index is 0.626. The van der Waals surface area contributed by atoms with Crippen LogP contribution in [0.5, 0.6) is 0 Å². The summed E-state index contributed by atoms with van der Waals surface area (Å²) in [6, 6.07) is 6.47. The summed E-state index contributed by atoms with van der Waals surface area (Å²) in [7, 11) is 0. The van der Waals surface area contributed by atoms with Crippen molar-refractivity contribution >= 4 is 38.3 Å². The van der Waals surface area contributed by atoms with Gasteiger partial charge in [-0.1, -0.05) is 29.9 Å². The first-order chi connectivity index (χ1) is 7.22. The highest BCUT2D eigenvalue weighted by Crippen LogP contribution is 2.35. The highest BCUT2D eigenvalue weighted by Gasteiger charge is 2.32. The first-order valence-electron chi connectivity index (χ1n) is 5.05. The van der Waals surface area contributed by atoms with Crippen LogP contribution in [0.25, 0.3) is 10.2 Å². The number of nitrogens with zero attached hydrogens (tertiary/aromatic N) is 1. The Balaban J connectivity index is 1.92. The Kier molecular flexibility index (Phi) is 2.11. The van der Waals surface area contributed by atoms with Crippen LogP contribution in [0.3, 0.4) is 0 Å². The molecule has 1 fully saturated rings. The van der Waals surface area contributed by atoms with Crippen molar-refractivity contribution in [3.63, 3.8) is 0 Å². The SMILES string of the molecule is CC1CC1Nc1nc2cc(Cl)ccc2s1. The van der Waals surface area contributed by atoms with Gasteiger partial charge in [0.25, 0.3) is 0 Å². The highest BCUT2D eigenvalue weighted by molar-refractivity contribution is 7.22. The number of nitrogens with one attached hydrogen (secondary N) is 1. The molecule has 1 aromatic heterocycles. The van der Waals surface area contributed by atoms with Gasteiger partial charge in [0.15, 0.2) is 5.13 Å². The van der Waals surface area contributed by atoms with E-state index >= 15 is 0 Å². The van der Waals surface area contributed by atoms with Crippen LogP contribution in [0.2, 0.25) is 5.02 Å². The van der Waals surface area contributed by atoms with Crippen LogP contribution in [0.15, 0.2) is 18.2 Å². The lowest BCUT2D eigenvalue weighted by Gasteiger charge is -1.96. The van der Waals surface area contributed by atoms with Gasteiger partial charge in [0.05, 0.1) is 10.2 Å². The zero-order valence-corrected chi connectivity index (χ0v) is 9.90. The normalized spacial score (nSPS) is 24.4. The van der Waals surface area contributed by atoms with Crippen LogP contribution in [-0.4, -0.2) is 11.0 Å². The summed E-state index contributed by atoms with van der Waals surface area (Å²) in [5.41, 5.74) is 0.989. The molecule has 2 aromatic rings. The maximum Gasteiger partial charge on any atom is 0.184 e. The number of aromatic nitrogens is 1. The summed E-state index contributed by atoms with van der Waals surface area (Å²) in [5.74, 6) is 0.792. The van der Waals surface area contributed by atoms with Gasteiger partial charge in [-0.3, -0.25) is 0 Å². The average Bonchev–Trinajstić information content (AvgIpc) is 2.75. The number of hydrogen-bond donors (Lipinski definition) is 1. The number of halogens is 1. The van der Waals surface area contributed by atoms with Gasteiger partial charge in [0.1, 0.15) is 0 Å². The van der Waals surface area contributed by atoms with Crippen LogP contribution < -0.4 is 5.32 Å². The number of fused-ring (bicyclic) bond motifs is 1. The second-order valence-corrected chi connectivity index (χ2v) is 5.56. The molecule has 0 spiro atoms. The van der Waals surface area contributed by atoms with Crippen molar-refractivity contribution in [3.05, 3.63) is 23.2 Å². The second kappa shape index (κ2) is 3.35. The van der Waals surface area contributed by atoms with E-state index in [1.54, 1.807) is 11.3 Å². The Morgan fingerprint density at radius 3 is 3.07 bits per heavy atom. The third-order valence-corrected chi connectivity index (χ3v) is 3.97. The largest absolute Gasteiger partial charge is 0.358 e. The van der Waals surface area contributed by atoms with Crippen molar-refractivity contribution < 1.29 is 0 Å². The van der Waals surface area contributed by atoms with E-state index in [0.29, 0.717) is 6.04 Å². The molecule has 1 aromatic carbocycles. The Morgan fingerprint density at radius 2 is 2.33 bits per heavy atom. The molecular weight excluding hydrogens is 228 g/mol. The lowest BCUT2D eigenvalue weighted by Crippen LogP contribution is -2.02. The first kappa shape index (κ1) is 9.43. The zero-order chi connectivity index (χ0) is 10.4. The standard InChI is InChI=1S/C11H11ClN2S/c1-6-4-8(6)13-11-14-9-5-7(12)2-3-10(9)15-11/h2-3,5-6,8H,4H2,1H3,(H,13,14). The van der Waals surface area contributed by atoms with Gasteiger partial charge < -0.3 is 5.32 Å². The third kappa shape index (κ3) is 1.82. The predicted octanol–water partition coefficient (Wildman–Crippen LogP) is 3.77. The molecule has 0 radical (unpaired) electrons. The predicted molar refractivity (Wildman–Crippen MR) is 65.8 cm³/mol. The lowest BCUT2D eigenvalue weighted by atomic mass is 10.3. The first-order valence-corrected chi connectivity index (χ1v) is 6.24. The van der Waals surface area contributed by atoms with Gasteiger partial charge in [0, 0.05) is 11.1 Å². The van der Waals surface area contributed by atoms with Crippen molar-refractivity contribution in [1.29, 1.82) is 0 Å². The molecule has 78 valence electrons. The summed E-state index contributed by atoms with van der Waals surface area (Å²) in [6.45, 7) is 2.25. The summed E-state index contributed by atoms with van der Waals surface area (Å²) in [6.07, 6.45) is 1.26. The maximum atomic E-state index is 5.91. The summed E-state index contributed by atoms with van der Waals surface area (Å²) >= 11 is 7.61. The van der Waals surface area contributed by atoms with Crippen molar-refractivity contribution in [2.75, 3.05) is 5.32 Å². The zero-order valence-electron chi connectivity index (χ0n) is 8.33. The minimum absolute atomic E-state index is 0.626. The molecule has 15 heavy (non-hydrogen) atoms. The summed E-state index contributed by atoms with van der Waals surface area (Å²) < 4.78 is 1.19. The molecule has 1 aliphatic carbocycles. The molecule has 1 aliphatic rings. The number of anilines is 1. The number of benzene rings is 1. The number of thiazole rings is 1. The number of rotatable bonds is 2. The van der Waals surface area contributed by atoms with E-state index in [9.17, 15) is 0 Å². The Labute approximate surface area is 97.3 Å². The topological polar surface area (TPSA) is 24.9 Å². The minimum Gasteiger partial charge on any atom is -0.358 e. The molecule has 0 saturated heterocycles. The van der Waals surface area contributed by atoms with Gasteiger partial charge in [0.2, 0.25) is 0 Å². The maximum absolute atomic E-state index is 5.91. The Hall–Kier alpha value is -0.800. The van der Waals surface area contributed by atoms with Crippen molar-refractivity contribution in [1.82, 2.24) is 4.98 Å². The van der Waals surface area contributed by atoms with Gasteiger partial charge in [-0.2, -0.15) is 0 Å². The molecule has 4 heteroatoms. The van der Waals surface area contributed by atoms with E-state index in [2.05, 4.69) is 17.2 Å². The van der Waals surface area contributed by atoms with E-state index < -0.39 is 0 Å². The molecule has 1 N–H and O–H groups in total.